The van der Waals surface area contributed by atoms with Gasteiger partial charge < -0.3 is 19.3 Å². The molecule has 2 fully saturated rings. The summed E-state index contributed by atoms with van der Waals surface area (Å²) in [6, 6.07) is 10.9. The Kier molecular flexibility index (Phi) is 6.92. The molecule has 0 atom stereocenters. The average Bonchev–Trinajstić information content (AvgIpc) is 2.85. The number of aryl methyl sites for hydroxylation is 1. The molecule has 2 saturated heterocycles. The molecule has 2 aromatic carbocycles. The Labute approximate surface area is 195 Å². The molecule has 1 amide bonds. The van der Waals surface area contributed by atoms with Gasteiger partial charge in [-0.3, -0.25) is 4.79 Å². The maximum Gasteiger partial charge on any atom is 0.254 e. The van der Waals surface area contributed by atoms with Crippen LogP contribution in [0.1, 0.15) is 21.5 Å². The van der Waals surface area contributed by atoms with Crippen LogP contribution in [0.4, 0.5) is 5.69 Å². The number of amides is 1. The van der Waals surface area contributed by atoms with Crippen LogP contribution >= 0.6 is 0 Å². The number of morpholine rings is 1. The molecular weight excluding hydrogens is 442 g/mol. The Morgan fingerprint density at radius 2 is 1.67 bits per heavy atom. The number of hydrogen-bond donors (Lipinski definition) is 0. The Morgan fingerprint density at radius 3 is 2.33 bits per heavy atom. The molecule has 0 radical (unpaired) electrons. The number of hydrogen-bond acceptors (Lipinski definition) is 6. The number of nitrogens with zero attached hydrogens (tertiary/aromatic N) is 3. The second-order valence-corrected chi connectivity index (χ2v) is 10.3. The van der Waals surface area contributed by atoms with Crippen molar-refractivity contribution in [2.45, 2.75) is 18.7 Å². The smallest absolute Gasteiger partial charge is 0.254 e. The average molecular weight is 474 g/mol. The fourth-order valence-corrected chi connectivity index (χ4v) is 5.94. The van der Waals surface area contributed by atoms with E-state index in [0.29, 0.717) is 31.9 Å². The molecule has 178 valence electrons. The van der Waals surface area contributed by atoms with E-state index in [0.717, 1.165) is 13.1 Å². The highest BCUT2D eigenvalue weighted by Crippen LogP contribution is 2.29. The minimum Gasteiger partial charge on any atom is -0.495 e. The second kappa shape index (κ2) is 9.70. The van der Waals surface area contributed by atoms with E-state index in [2.05, 4.69) is 36.9 Å². The van der Waals surface area contributed by atoms with Crippen LogP contribution < -0.4 is 9.64 Å². The molecule has 2 aliphatic heterocycles. The zero-order valence-corrected chi connectivity index (χ0v) is 20.2. The maximum atomic E-state index is 13.3. The topological polar surface area (TPSA) is 79.4 Å². The van der Waals surface area contributed by atoms with Gasteiger partial charge in [-0.2, -0.15) is 4.31 Å². The van der Waals surface area contributed by atoms with Gasteiger partial charge in [0.2, 0.25) is 10.0 Å². The van der Waals surface area contributed by atoms with Crippen molar-refractivity contribution in [3.05, 3.63) is 53.1 Å². The summed E-state index contributed by atoms with van der Waals surface area (Å²) in [5, 5.41) is 0. The molecule has 0 aromatic heterocycles. The Bertz CT molecular complexity index is 1120. The van der Waals surface area contributed by atoms with Crippen LogP contribution in [0, 0.1) is 13.8 Å². The molecule has 0 saturated carbocycles. The molecule has 0 bridgehead atoms. The lowest BCUT2D eigenvalue weighted by molar-refractivity contribution is 0.0728. The molecular formula is C24H31N3O5S. The van der Waals surface area contributed by atoms with E-state index in [1.807, 2.05) is 0 Å². The minimum absolute atomic E-state index is 0.0202. The number of carbonyl (C=O) groups is 1. The Morgan fingerprint density at radius 1 is 0.970 bits per heavy atom. The lowest BCUT2D eigenvalue weighted by Crippen LogP contribution is -2.49. The van der Waals surface area contributed by atoms with Gasteiger partial charge in [-0.15, -0.1) is 0 Å². The van der Waals surface area contributed by atoms with Crippen molar-refractivity contribution in [1.82, 2.24) is 9.21 Å². The third-order valence-electron chi connectivity index (χ3n) is 6.48. The summed E-state index contributed by atoms with van der Waals surface area (Å²) in [4.78, 5) is 17.4. The van der Waals surface area contributed by atoms with E-state index in [9.17, 15) is 13.2 Å². The van der Waals surface area contributed by atoms with E-state index in [-0.39, 0.29) is 29.6 Å². The van der Waals surface area contributed by atoms with Gasteiger partial charge in [-0.05, 0) is 49.2 Å². The van der Waals surface area contributed by atoms with Crippen LogP contribution in [0.25, 0.3) is 0 Å². The minimum atomic E-state index is -3.80. The number of ether oxygens (including phenoxy) is 2. The number of carbonyl (C=O) groups excluding carboxylic acids is 1. The molecule has 4 rings (SSSR count). The summed E-state index contributed by atoms with van der Waals surface area (Å²) >= 11 is 0. The molecule has 2 aliphatic rings. The number of benzene rings is 2. The summed E-state index contributed by atoms with van der Waals surface area (Å²) < 4.78 is 38.5. The second-order valence-electron chi connectivity index (χ2n) is 8.38. The fourth-order valence-electron chi connectivity index (χ4n) is 4.35. The molecule has 0 unspecified atom stereocenters. The third kappa shape index (κ3) is 4.71. The van der Waals surface area contributed by atoms with Gasteiger partial charge in [-0.1, -0.05) is 12.1 Å². The molecule has 0 N–H and O–H groups in total. The molecule has 8 nitrogen and oxygen atoms in total. The first-order chi connectivity index (χ1) is 15.8. The maximum absolute atomic E-state index is 13.3. The molecule has 2 heterocycles. The molecule has 0 aliphatic carbocycles. The number of rotatable bonds is 5. The summed E-state index contributed by atoms with van der Waals surface area (Å²) in [5.74, 6) is 0.0643. The summed E-state index contributed by atoms with van der Waals surface area (Å²) in [6.45, 7) is 8.09. The van der Waals surface area contributed by atoms with Crippen LogP contribution in [0.2, 0.25) is 0 Å². The van der Waals surface area contributed by atoms with Gasteiger partial charge in [0.25, 0.3) is 5.91 Å². The predicted octanol–water partition coefficient (Wildman–Crippen LogP) is 2.30. The quantitative estimate of drug-likeness (QED) is 0.663. The van der Waals surface area contributed by atoms with Crippen molar-refractivity contribution >= 4 is 21.6 Å². The lowest BCUT2D eigenvalue weighted by Gasteiger charge is -2.37. The van der Waals surface area contributed by atoms with Gasteiger partial charge >= 0.3 is 0 Å². The first kappa shape index (κ1) is 23.5. The zero-order valence-electron chi connectivity index (χ0n) is 19.4. The monoisotopic (exact) mass is 473 g/mol. The van der Waals surface area contributed by atoms with E-state index in [1.165, 1.54) is 34.3 Å². The van der Waals surface area contributed by atoms with Crippen molar-refractivity contribution in [1.29, 1.82) is 0 Å². The van der Waals surface area contributed by atoms with E-state index in [1.54, 1.807) is 17.0 Å². The van der Waals surface area contributed by atoms with Crippen LogP contribution in [-0.4, -0.2) is 83.1 Å². The standard InChI is InChI=1S/C24H31N3O5S/c1-18-5-4-6-21(19(18)2)25-9-11-26(12-10-25)24(28)20-7-8-22(31-3)23(17-20)33(29,30)27-13-15-32-16-14-27/h4-8,17H,9-16H2,1-3H3. The van der Waals surface area contributed by atoms with Gasteiger partial charge in [-0.25, -0.2) is 8.42 Å². The SMILES string of the molecule is COc1ccc(C(=O)N2CCN(c3cccc(C)c3C)CC2)cc1S(=O)(=O)N1CCOCC1. The van der Waals surface area contributed by atoms with Gasteiger partial charge in [0.15, 0.2) is 0 Å². The third-order valence-corrected chi connectivity index (χ3v) is 8.40. The number of anilines is 1. The number of sulfonamides is 1. The van der Waals surface area contributed by atoms with E-state index >= 15 is 0 Å². The largest absolute Gasteiger partial charge is 0.495 e. The van der Waals surface area contributed by atoms with Crippen LogP contribution in [-0.2, 0) is 14.8 Å². The van der Waals surface area contributed by atoms with Crippen molar-refractivity contribution in [3.63, 3.8) is 0 Å². The highest BCUT2D eigenvalue weighted by Gasteiger charge is 2.31. The van der Waals surface area contributed by atoms with Gasteiger partial charge in [0.05, 0.1) is 20.3 Å². The van der Waals surface area contributed by atoms with Crippen LogP contribution in [0.15, 0.2) is 41.3 Å². The van der Waals surface area contributed by atoms with Gasteiger partial charge in [0.1, 0.15) is 10.6 Å². The van der Waals surface area contributed by atoms with Crippen molar-refractivity contribution < 1.29 is 22.7 Å². The van der Waals surface area contributed by atoms with Crippen molar-refractivity contribution in [3.8, 4) is 5.75 Å². The zero-order chi connectivity index (χ0) is 23.6. The first-order valence-electron chi connectivity index (χ1n) is 11.2. The lowest BCUT2D eigenvalue weighted by atomic mass is 10.1. The molecule has 9 heteroatoms. The van der Waals surface area contributed by atoms with E-state index < -0.39 is 10.0 Å². The highest BCUT2D eigenvalue weighted by molar-refractivity contribution is 7.89. The van der Waals surface area contributed by atoms with E-state index in [4.69, 9.17) is 9.47 Å². The fraction of sp³-hybridized carbons (Fsp3) is 0.458. The Balaban J connectivity index is 1.52. The molecule has 33 heavy (non-hydrogen) atoms. The number of methoxy groups -OCH3 is 1. The Hall–Kier alpha value is -2.62. The summed E-state index contributed by atoms with van der Waals surface area (Å²) in [6.07, 6.45) is 0. The molecule has 0 spiro atoms. The first-order valence-corrected chi connectivity index (χ1v) is 12.6. The van der Waals surface area contributed by atoms with Gasteiger partial charge in [0, 0.05) is 50.5 Å². The normalized spacial score (nSPS) is 17.8. The van der Waals surface area contributed by atoms with Crippen LogP contribution in [0.5, 0.6) is 5.75 Å². The summed E-state index contributed by atoms with van der Waals surface area (Å²) in [5.41, 5.74) is 4.05. The highest BCUT2D eigenvalue weighted by atomic mass is 32.2. The van der Waals surface area contributed by atoms with Crippen molar-refractivity contribution in [2.75, 3.05) is 64.5 Å². The van der Waals surface area contributed by atoms with Crippen LogP contribution in [0.3, 0.4) is 0 Å². The summed E-state index contributed by atoms with van der Waals surface area (Å²) in [7, 11) is -2.36. The predicted molar refractivity (Wildman–Crippen MR) is 127 cm³/mol. The number of piperazine rings is 1. The van der Waals surface area contributed by atoms with Crippen molar-refractivity contribution in [2.24, 2.45) is 0 Å². The molecule has 2 aromatic rings.